The van der Waals surface area contributed by atoms with Gasteiger partial charge in [-0.25, -0.2) is 9.18 Å². The fraction of sp³-hybridized carbons (Fsp3) is 0.250. The molecule has 2 N–H and O–H groups in total. The first-order valence-electron chi connectivity index (χ1n) is 8.71. The summed E-state index contributed by atoms with van der Waals surface area (Å²) in [5.41, 5.74) is 1.25. The van der Waals surface area contributed by atoms with E-state index in [9.17, 15) is 9.18 Å². The minimum Gasteiger partial charge on any atom is -0.337 e. The molecular weight excluding hydrogens is 347 g/mol. The van der Waals surface area contributed by atoms with Crippen LogP contribution in [-0.4, -0.2) is 16.2 Å². The van der Waals surface area contributed by atoms with E-state index >= 15 is 0 Å². The van der Waals surface area contributed by atoms with Gasteiger partial charge in [0.15, 0.2) is 0 Å². The molecule has 2 amide bonds. The average molecular weight is 368 g/mol. The molecule has 0 saturated carbocycles. The van der Waals surface area contributed by atoms with Gasteiger partial charge in [-0.1, -0.05) is 67.5 Å². The fourth-order valence-electron chi connectivity index (χ4n) is 2.59. The van der Waals surface area contributed by atoms with Crippen LogP contribution in [0.4, 0.5) is 9.18 Å². The molecule has 0 saturated heterocycles. The molecule has 0 radical (unpaired) electrons. The summed E-state index contributed by atoms with van der Waals surface area (Å²) in [4.78, 5) is 16.7. The van der Waals surface area contributed by atoms with Crippen molar-refractivity contribution in [2.45, 2.75) is 26.4 Å². The van der Waals surface area contributed by atoms with Gasteiger partial charge in [-0.3, -0.25) is 0 Å². The monoisotopic (exact) mass is 368 g/mol. The molecule has 2 aromatic carbocycles. The lowest BCUT2D eigenvalue weighted by Gasteiger charge is -2.19. The predicted octanol–water partition coefficient (Wildman–Crippen LogP) is 4.07. The van der Waals surface area contributed by atoms with Gasteiger partial charge in [-0.2, -0.15) is 4.98 Å². The maximum absolute atomic E-state index is 13.7. The van der Waals surface area contributed by atoms with Crippen molar-refractivity contribution in [1.82, 2.24) is 20.8 Å². The molecule has 1 unspecified atom stereocenters. The van der Waals surface area contributed by atoms with Crippen LogP contribution in [0.2, 0.25) is 0 Å². The third kappa shape index (κ3) is 4.69. The van der Waals surface area contributed by atoms with Crippen LogP contribution in [-0.2, 0) is 6.54 Å². The first-order chi connectivity index (χ1) is 13.0. The van der Waals surface area contributed by atoms with Crippen molar-refractivity contribution in [3.05, 3.63) is 71.9 Å². The number of carbonyl (C=O) groups is 1. The Morgan fingerprint density at radius 2 is 1.81 bits per heavy atom. The Kier molecular flexibility index (Phi) is 5.80. The van der Waals surface area contributed by atoms with E-state index < -0.39 is 12.1 Å². The third-order valence-corrected chi connectivity index (χ3v) is 4.09. The molecule has 140 valence electrons. The number of nitrogens with one attached hydrogen (secondary N) is 2. The van der Waals surface area contributed by atoms with E-state index in [0.29, 0.717) is 17.3 Å². The van der Waals surface area contributed by atoms with Crippen LogP contribution in [0.5, 0.6) is 0 Å². The van der Waals surface area contributed by atoms with Crippen molar-refractivity contribution in [2.75, 3.05) is 0 Å². The first kappa shape index (κ1) is 18.6. The maximum Gasteiger partial charge on any atom is 0.315 e. The standard InChI is InChI=1S/C20H21FN4O2/c1-13(2)17(19-24-18(25-27-19)14-8-4-3-5-9-14)23-20(26)22-12-15-10-6-7-11-16(15)21/h3-11,13,17H,12H2,1-2H3,(H2,22,23,26). The molecule has 27 heavy (non-hydrogen) atoms. The van der Waals surface area contributed by atoms with Crippen LogP contribution in [0.25, 0.3) is 11.4 Å². The van der Waals surface area contributed by atoms with Crippen LogP contribution in [0.15, 0.2) is 59.1 Å². The minimum atomic E-state index is -0.462. The van der Waals surface area contributed by atoms with Crippen molar-refractivity contribution in [2.24, 2.45) is 5.92 Å². The second-order valence-corrected chi connectivity index (χ2v) is 6.46. The highest BCUT2D eigenvalue weighted by molar-refractivity contribution is 5.74. The number of halogens is 1. The summed E-state index contributed by atoms with van der Waals surface area (Å²) in [6.07, 6.45) is 0. The highest BCUT2D eigenvalue weighted by Crippen LogP contribution is 2.23. The fourth-order valence-corrected chi connectivity index (χ4v) is 2.59. The van der Waals surface area contributed by atoms with E-state index in [1.807, 2.05) is 44.2 Å². The normalized spacial score (nSPS) is 12.0. The Bertz CT molecular complexity index is 896. The van der Waals surface area contributed by atoms with E-state index in [2.05, 4.69) is 20.8 Å². The Morgan fingerprint density at radius 3 is 2.52 bits per heavy atom. The lowest BCUT2D eigenvalue weighted by Crippen LogP contribution is -2.39. The highest BCUT2D eigenvalue weighted by atomic mass is 19.1. The van der Waals surface area contributed by atoms with Crippen LogP contribution < -0.4 is 10.6 Å². The summed E-state index contributed by atoms with van der Waals surface area (Å²) in [6.45, 7) is 3.96. The van der Waals surface area contributed by atoms with Crippen molar-refractivity contribution in [3.8, 4) is 11.4 Å². The van der Waals surface area contributed by atoms with Crippen molar-refractivity contribution in [1.29, 1.82) is 0 Å². The number of amides is 2. The lowest BCUT2D eigenvalue weighted by molar-refractivity contribution is 0.224. The van der Waals surface area contributed by atoms with Crippen LogP contribution in [0, 0.1) is 11.7 Å². The van der Waals surface area contributed by atoms with Gasteiger partial charge in [0.25, 0.3) is 0 Å². The third-order valence-electron chi connectivity index (χ3n) is 4.09. The molecule has 1 atom stereocenters. The van der Waals surface area contributed by atoms with Gasteiger partial charge < -0.3 is 15.2 Å². The van der Waals surface area contributed by atoms with E-state index in [1.165, 1.54) is 6.07 Å². The topological polar surface area (TPSA) is 80.0 Å². The summed E-state index contributed by atoms with van der Waals surface area (Å²) in [5, 5.41) is 9.47. The maximum atomic E-state index is 13.7. The zero-order valence-electron chi connectivity index (χ0n) is 15.1. The van der Waals surface area contributed by atoms with Gasteiger partial charge in [-0.15, -0.1) is 0 Å². The second-order valence-electron chi connectivity index (χ2n) is 6.46. The molecule has 0 aliphatic heterocycles. The van der Waals surface area contributed by atoms with E-state index in [0.717, 1.165) is 5.56 Å². The number of rotatable bonds is 6. The molecule has 6 nitrogen and oxygen atoms in total. The average Bonchev–Trinajstić information content (AvgIpc) is 3.16. The lowest BCUT2D eigenvalue weighted by atomic mass is 10.0. The van der Waals surface area contributed by atoms with Gasteiger partial charge in [0.2, 0.25) is 11.7 Å². The van der Waals surface area contributed by atoms with Crippen LogP contribution in [0.1, 0.15) is 31.3 Å². The number of aromatic nitrogens is 2. The minimum absolute atomic E-state index is 0.0216. The number of carbonyl (C=O) groups excluding carboxylic acids is 1. The highest BCUT2D eigenvalue weighted by Gasteiger charge is 2.25. The molecule has 1 aromatic heterocycles. The zero-order valence-corrected chi connectivity index (χ0v) is 15.1. The summed E-state index contributed by atoms with van der Waals surface area (Å²) in [7, 11) is 0. The molecule has 1 heterocycles. The van der Waals surface area contributed by atoms with E-state index in [4.69, 9.17) is 4.52 Å². The summed E-state index contributed by atoms with van der Waals surface area (Å²) >= 11 is 0. The Morgan fingerprint density at radius 1 is 1.11 bits per heavy atom. The molecule has 0 fully saturated rings. The molecular formula is C20H21FN4O2. The first-order valence-corrected chi connectivity index (χ1v) is 8.71. The van der Waals surface area contributed by atoms with Gasteiger partial charge in [0.05, 0.1) is 0 Å². The molecule has 3 rings (SSSR count). The summed E-state index contributed by atoms with van der Waals surface area (Å²) in [6, 6.07) is 14.9. The van der Waals surface area contributed by atoms with Crippen molar-refractivity contribution < 1.29 is 13.7 Å². The number of hydrogen-bond acceptors (Lipinski definition) is 4. The number of urea groups is 1. The van der Waals surface area contributed by atoms with Crippen molar-refractivity contribution >= 4 is 6.03 Å². The van der Waals surface area contributed by atoms with Gasteiger partial charge in [-0.05, 0) is 12.0 Å². The number of hydrogen-bond donors (Lipinski definition) is 2. The smallest absolute Gasteiger partial charge is 0.315 e. The summed E-state index contributed by atoms with van der Waals surface area (Å²) < 4.78 is 19.0. The molecule has 0 aliphatic rings. The molecule has 0 spiro atoms. The van der Waals surface area contributed by atoms with Gasteiger partial charge in [0, 0.05) is 17.7 Å². The van der Waals surface area contributed by atoms with Crippen LogP contribution in [0.3, 0.4) is 0 Å². The number of benzene rings is 2. The Balaban J connectivity index is 1.66. The number of nitrogens with zero attached hydrogens (tertiary/aromatic N) is 2. The van der Waals surface area contributed by atoms with Gasteiger partial charge >= 0.3 is 6.03 Å². The zero-order chi connectivity index (χ0) is 19.2. The van der Waals surface area contributed by atoms with Crippen LogP contribution >= 0.6 is 0 Å². The van der Waals surface area contributed by atoms with Gasteiger partial charge in [0.1, 0.15) is 11.9 Å². The van der Waals surface area contributed by atoms with E-state index in [-0.39, 0.29) is 18.3 Å². The summed E-state index contributed by atoms with van der Waals surface area (Å²) in [5.74, 6) is 0.450. The van der Waals surface area contributed by atoms with E-state index in [1.54, 1.807) is 18.2 Å². The molecule has 7 heteroatoms. The van der Waals surface area contributed by atoms with Crippen molar-refractivity contribution in [3.63, 3.8) is 0 Å². The quantitative estimate of drug-likeness (QED) is 0.687. The molecule has 0 aliphatic carbocycles. The molecule has 3 aromatic rings. The second kappa shape index (κ2) is 8.44. The Hall–Kier alpha value is -3.22. The SMILES string of the molecule is CC(C)C(NC(=O)NCc1ccccc1F)c1nc(-c2ccccc2)no1. The predicted molar refractivity (Wildman–Crippen MR) is 99.1 cm³/mol. The molecule has 0 bridgehead atoms. The largest absolute Gasteiger partial charge is 0.337 e. The Labute approximate surface area is 156 Å².